The summed E-state index contributed by atoms with van der Waals surface area (Å²) in [5, 5.41) is 11.8. The third-order valence-corrected chi connectivity index (χ3v) is 8.89. The topological polar surface area (TPSA) is 92.3 Å². The van der Waals surface area contributed by atoms with Gasteiger partial charge in [0.1, 0.15) is 0 Å². The largest absolute Gasteiger partial charge is 0.353 e. The van der Waals surface area contributed by atoms with E-state index >= 15 is 0 Å². The van der Waals surface area contributed by atoms with Gasteiger partial charge in [-0.05, 0) is 42.7 Å². The first-order chi connectivity index (χ1) is 15.0. The molecule has 0 unspecified atom stereocenters. The Kier molecular flexibility index (Phi) is 7.01. The second-order valence-corrected chi connectivity index (χ2v) is 11.2. The molecule has 1 N–H and O–H groups in total. The Hall–Kier alpha value is -2.27. The summed E-state index contributed by atoms with van der Waals surface area (Å²) in [6, 6.07) is 16.3. The molecule has 3 aromatic rings. The molecule has 2 aromatic carbocycles. The van der Waals surface area contributed by atoms with Gasteiger partial charge in [-0.3, -0.25) is 4.79 Å². The number of sulfonamides is 1. The van der Waals surface area contributed by atoms with Crippen LogP contribution in [-0.4, -0.2) is 48.3 Å². The minimum Gasteiger partial charge on any atom is -0.353 e. The number of carbonyl (C=O) groups excluding carboxylic acids is 1. The molecule has 1 aliphatic heterocycles. The molecule has 1 aliphatic rings. The highest BCUT2D eigenvalue weighted by Gasteiger charge is 2.27. The van der Waals surface area contributed by atoms with Crippen molar-refractivity contribution in [3.05, 3.63) is 65.7 Å². The van der Waals surface area contributed by atoms with Crippen molar-refractivity contribution in [2.24, 2.45) is 0 Å². The predicted molar refractivity (Wildman–Crippen MR) is 123 cm³/mol. The number of ketones is 1. The molecule has 1 fully saturated rings. The number of nitrogens with one attached hydrogen (secondary N) is 1. The van der Waals surface area contributed by atoms with Crippen molar-refractivity contribution in [2.45, 2.75) is 27.8 Å². The fourth-order valence-electron chi connectivity index (χ4n) is 3.21. The van der Waals surface area contributed by atoms with E-state index in [1.165, 1.54) is 33.3 Å². The summed E-state index contributed by atoms with van der Waals surface area (Å²) in [5.41, 5.74) is 1.67. The second-order valence-electron chi connectivity index (χ2n) is 7.06. The third kappa shape index (κ3) is 5.51. The fraction of sp³-hybridized carbons (Fsp3) is 0.286. The Morgan fingerprint density at radius 2 is 1.74 bits per heavy atom. The summed E-state index contributed by atoms with van der Waals surface area (Å²) in [7, 11) is -3.47. The molecule has 0 radical (unpaired) electrons. The molecular weight excluding hydrogens is 452 g/mol. The van der Waals surface area contributed by atoms with Crippen LogP contribution >= 0.6 is 23.1 Å². The number of hydrogen-bond donors (Lipinski definition) is 1. The van der Waals surface area contributed by atoms with Gasteiger partial charge in [0.2, 0.25) is 15.2 Å². The van der Waals surface area contributed by atoms with Crippen LogP contribution in [0, 0.1) is 0 Å². The maximum atomic E-state index is 12.6. The van der Waals surface area contributed by atoms with E-state index in [1.807, 2.05) is 18.2 Å². The van der Waals surface area contributed by atoms with Gasteiger partial charge in [0, 0.05) is 24.4 Å². The quantitative estimate of drug-likeness (QED) is 0.371. The Balaban J connectivity index is 1.30. The van der Waals surface area contributed by atoms with Crippen LogP contribution in [0.4, 0.5) is 5.13 Å². The van der Waals surface area contributed by atoms with Crippen molar-refractivity contribution in [2.75, 3.05) is 25.0 Å². The lowest BCUT2D eigenvalue weighted by molar-refractivity contribution is 0.101. The van der Waals surface area contributed by atoms with Crippen LogP contribution < -0.4 is 5.32 Å². The molecule has 1 saturated heterocycles. The molecule has 0 spiro atoms. The lowest BCUT2D eigenvalue weighted by Crippen LogP contribution is -2.27. The van der Waals surface area contributed by atoms with Crippen LogP contribution in [0.5, 0.6) is 0 Å². The van der Waals surface area contributed by atoms with Gasteiger partial charge in [0.15, 0.2) is 10.1 Å². The maximum absolute atomic E-state index is 12.6. The van der Waals surface area contributed by atoms with Crippen molar-refractivity contribution in [3.63, 3.8) is 0 Å². The molecule has 0 aliphatic carbocycles. The maximum Gasteiger partial charge on any atom is 0.243 e. The zero-order chi connectivity index (χ0) is 21.7. The normalized spacial score (nSPS) is 14.6. The highest BCUT2D eigenvalue weighted by Crippen LogP contribution is 2.28. The van der Waals surface area contributed by atoms with E-state index in [0.717, 1.165) is 22.9 Å². The van der Waals surface area contributed by atoms with Gasteiger partial charge in [-0.25, -0.2) is 8.42 Å². The Labute approximate surface area is 189 Å². The molecule has 4 rings (SSSR count). The molecular formula is C21H22N4O3S3. The number of anilines is 1. The molecule has 31 heavy (non-hydrogen) atoms. The van der Waals surface area contributed by atoms with Crippen molar-refractivity contribution in [1.82, 2.24) is 14.5 Å². The molecule has 0 saturated carbocycles. The van der Waals surface area contributed by atoms with E-state index in [4.69, 9.17) is 0 Å². The monoisotopic (exact) mass is 474 g/mol. The van der Waals surface area contributed by atoms with Crippen LogP contribution in [0.25, 0.3) is 0 Å². The van der Waals surface area contributed by atoms with E-state index in [1.54, 1.807) is 23.9 Å². The molecule has 7 nitrogen and oxygen atoms in total. The number of rotatable bonds is 9. The average molecular weight is 475 g/mol. The van der Waals surface area contributed by atoms with Gasteiger partial charge in [0.25, 0.3) is 0 Å². The summed E-state index contributed by atoms with van der Waals surface area (Å²) in [5.74, 6) is 0.667. The van der Waals surface area contributed by atoms with Crippen molar-refractivity contribution >= 4 is 44.0 Å². The SMILES string of the molecule is O=C(CNc1nnc(SCc2ccccc2)s1)c1ccc(S(=O)(=O)N2CCCC2)cc1. The Morgan fingerprint density at radius 3 is 2.45 bits per heavy atom. The third-order valence-electron chi connectivity index (χ3n) is 4.89. The average Bonchev–Trinajstić information content (AvgIpc) is 3.49. The summed E-state index contributed by atoms with van der Waals surface area (Å²) in [4.78, 5) is 12.7. The first-order valence-electron chi connectivity index (χ1n) is 9.90. The number of aromatic nitrogens is 2. The van der Waals surface area contributed by atoms with Crippen LogP contribution in [0.2, 0.25) is 0 Å². The van der Waals surface area contributed by atoms with Crippen molar-refractivity contribution in [3.8, 4) is 0 Å². The van der Waals surface area contributed by atoms with Crippen molar-refractivity contribution in [1.29, 1.82) is 0 Å². The zero-order valence-electron chi connectivity index (χ0n) is 16.7. The van der Waals surface area contributed by atoms with E-state index in [2.05, 4.69) is 27.6 Å². The molecule has 162 valence electrons. The molecule has 1 aromatic heterocycles. The second kappa shape index (κ2) is 9.90. The number of carbonyl (C=O) groups is 1. The van der Waals surface area contributed by atoms with Gasteiger partial charge in [0.05, 0.1) is 11.4 Å². The zero-order valence-corrected chi connectivity index (χ0v) is 19.2. The van der Waals surface area contributed by atoms with E-state index in [-0.39, 0.29) is 17.2 Å². The van der Waals surface area contributed by atoms with Crippen LogP contribution in [0.1, 0.15) is 28.8 Å². The number of benzene rings is 2. The number of thioether (sulfide) groups is 1. The number of Topliss-reactive ketones (excluding diaryl/α,β-unsaturated/α-hetero) is 1. The molecule has 0 bridgehead atoms. The summed E-state index contributed by atoms with van der Waals surface area (Å²) >= 11 is 3.00. The van der Waals surface area contributed by atoms with E-state index in [0.29, 0.717) is 23.8 Å². The van der Waals surface area contributed by atoms with Gasteiger partial charge in [-0.2, -0.15) is 4.31 Å². The lowest BCUT2D eigenvalue weighted by Gasteiger charge is -2.15. The number of nitrogens with zero attached hydrogens (tertiary/aromatic N) is 3. The summed E-state index contributed by atoms with van der Waals surface area (Å²) in [6.07, 6.45) is 1.78. The predicted octanol–water partition coefficient (Wildman–Crippen LogP) is 3.91. The van der Waals surface area contributed by atoms with E-state index < -0.39 is 10.0 Å². The van der Waals surface area contributed by atoms with Gasteiger partial charge in [-0.1, -0.05) is 53.4 Å². The molecule has 0 atom stereocenters. The minimum atomic E-state index is -3.47. The summed E-state index contributed by atoms with van der Waals surface area (Å²) in [6.45, 7) is 1.18. The smallest absolute Gasteiger partial charge is 0.243 e. The lowest BCUT2D eigenvalue weighted by atomic mass is 10.1. The minimum absolute atomic E-state index is 0.0657. The molecule has 0 amide bonds. The van der Waals surface area contributed by atoms with Crippen LogP contribution in [0.3, 0.4) is 0 Å². The van der Waals surface area contributed by atoms with Crippen LogP contribution in [-0.2, 0) is 15.8 Å². The van der Waals surface area contributed by atoms with Gasteiger partial charge < -0.3 is 5.32 Å². The van der Waals surface area contributed by atoms with Gasteiger partial charge >= 0.3 is 0 Å². The Morgan fingerprint density at radius 1 is 1.03 bits per heavy atom. The van der Waals surface area contributed by atoms with Crippen LogP contribution in [0.15, 0.2) is 63.8 Å². The summed E-state index contributed by atoms with van der Waals surface area (Å²) < 4.78 is 27.5. The first kappa shape index (κ1) is 21.9. The van der Waals surface area contributed by atoms with Gasteiger partial charge in [-0.15, -0.1) is 10.2 Å². The van der Waals surface area contributed by atoms with Crippen molar-refractivity contribution < 1.29 is 13.2 Å². The highest BCUT2D eigenvalue weighted by molar-refractivity contribution is 8.00. The fourth-order valence-corrected chi connectivity index (χ4v) is 6.43. The number of hydrogen-bond acceptors (Lipinski definition) is 8. The molecule has 10 heteroatoms. The Bertz CT molecular complexity index is 1130. The standard InChI is InChI=1S/C21H22N4O3S3/c26-19(17-8-10-18(11-9-17)31(27,28)25-12-4-5-13-25)14-22-20-23-24-21(30-20)29-15-16-6-2-1-3-7-16/h1-3,6-11H,4-5,12-15H2,(H,22,23). The molecule has 2 heterocycles. The first-order valence-corrected chi connectivity index (χ1v) is 13.1. The van der Waals surface area contributed by atoms with E-state index in [9.17, 15) is 13.2 Å². The highest BCUT2D eigenvalue weighted by atomic mass is 32.2.